The third-order valence-electron chi connectivity index (χ3n) is 2.53. The molecule has 102 valence electrons. The lowest BCUT2D eigenvalue weighted by Gasteiger charge is -2.05. The van der Waals surface area contributed by atoms with Gasteiger partial charge in [0, 0.05) is 6.54 Å². The Morgan fingerprint density at radius 3 is 2.68 bits per heavy atom. The summed E-state index contributed by atoms with van der Waals surface area (Å²) in [5.41, 5.74) is 0.842. The van der Waals surface area contributed by atoms with E-state index in [1.54, 1.807) is 18.4 Å². The maximum Gasteiger partial charge on any atom is 0.238 e. The highest BCUT2D eigenvalue weighted by atomic mass is 79.9. The van der Waals surface area contributed by atoms with Crippen LogP contribution in [0.15, 0.2) is 50.4 Å². The summed E-state index contributed by atoms with van der Waals surface area (Å²) in [5, 5.41) is 8.25. The number of furan rings is 1. The van der Waals surface area contributed by atoms with Gasteiger partial charge in [0.1, 0.15) is 5.76 Å². The summed E-state index contributed by atoms with van der Waals surface area (Å²) in [4.78, 5) is 0.117. The van der Waals surface area contributed by atoms with Gasteiger partial charge in [-0.2, -0.15) is 0 Å². The molecule has 1 heterocycles. The van der Waals surface area contributed by atoms with Crippen molar-refractivity contribution in [2.24, 2.45) is 5.14 Å². The zero-order chi connectivity index (χ0) is 13.9. The average Bonchev–Trinajstić information content (AvgIpc) is 2.75. The molecule has 0 aliphatic carbocycles. The highest BCUT2D eigenvalue weighted by molar-refractivity contribution is 9.10. The van der Waals surface area contributed by atoms with Crippen molar-refractivity contribution in [3.63, 3.8) is 0 Å². The molecule has 7 heteroatoms. The van der Waals surface area contributed by atoms with Gasteiger partial charge in [-0.15, -0.1) is 0 Å². The lowest BCUT2D eigenvalue weighted by Crippen LogP contribution is -2.15. The van der Waals surface area contributed by atoms with Crippen molar-refractivity contribution < 1.29 is 12.8 Å². The van der Waals surface area contributed by atoms with E-state index in [0.717, 1.165) is 15.8 Å². The normalized spacial score (nSPS) is 11.7. The van der Waals surface area contributed by atoms with E-state index in [1.807, 2.05) is 12.1 Å². The number of nitrogens with one attached hydrogen (secondary N) is 1. The van der Waals surface area contributed by atoms with Crippen molar-refractivity contribution in [2.45, 2.75) is 18.0 Å². The van der Waals surface area contributed by atoms with Gasteiger partial charge < -0.3 is 9.73 Å². The molecule has 1 aromatic heterocycles. The van der Waals surface area contributed by atoms with Crippen LogP contribution in [0.4, 0.5) is 0 Å². The van der Waals surface area contributed by atoms with E-state index < -0.39 is 10.0 Å². The number of nitrogens with two attached hydrogens (primary N) is 1. The summed E-state index contributed by atoms with van der Waals surface area (Å²) >= 11 is 3.36. The molecule has 0 bridgehead atoms. The molecule has 0 saturated carbocycles. The van der Waals surface area contributed by atoms with Crippen LogP contribution in [0, 0.1) is 0 Å². The fourth-order valence-electron chi connectivity index (χ4n) is 1.60. The van der Waals surface area contributed by atoms with Crippen LogP contribution >= 0.6 is 15.9 Å². The first-order chi connectivity index (χ1) is 8.97. The quantitative estimate of drug-likeness (QED) is 0.868. The van der Waals surface area contributed by atoms with Crippen LogP contribution in [0.3, 0.4) is 0 Å². The average molecular weight is 345 g/mol. The van der Waals surface area contributed by atoms with Crippen LogP contribution in [-0.2, 0) is 23.1 Å². The molecule has 0 amide bonds. The molecule has 0 aliphatic heterocycles. The van der Waals surface area contributed by atoms with Gasteiger partial charge in [0.15, 0.2) is 0 Å². The summed E-state index contributed by atoms with van der Waals surface area (Å²) in [6.45, 7) is 1.07. The van der Waals surface area contributed by atoms with E-state index in [9.17, 15) is 8.42 Å². The van der Waals surface area contributed by atoms with Crippen molar-refractivity contribution in [1.29, 1.82) is 0 Å². The van der Waals surface area contributed by atoms with Crippen molar-refractivity contribution in [3.05, 3.63) is 52.4 Å². The van der Waals surface area contributed by atoms with Crippen molar-refractivity contribution >= 4 is 26.0 Å². The molecule has 19 heavy (non-hydrogen) atoms. The Morgan fingerprint density at radius 1 is 1.26 bits per heavy atom. The van der Waals surface area contributed by atoms with E-state index in [0.29, 0.717) is 13.1 Å². The molecule has 2 rings (SSSR count). The Labute approximate surface area is 120 Å². The molecule has 0 aliphatic rings. The third kappa shape index (κ3) is 3.90. The maximum atomic E-state index is 11.2. The molecule has 0 atom stereocenters. The summed E-state index contributed by atoms with van der Waals surface area (Å²) in [7, 11) is -3.65. The monoisotopic (exact) mass is 344 g/mol. The Hall–Kier alpha value is -1.15. The molecule has 5 nitrogen and oxygen atoms in total. The van der Waals surface area contributed by atoms with E-state index in [-0.39, 0.29) is 4.90 Å². The number of sulfonamides is 1. The summed E-state index contributed by atoms with van der Waals surface area (Å²) in [6.07, 6.45) is 1.60. The highest BCUT2D eigenvalue weighted by Crippen LogP contribution is 2.17. The van der Waals surface area contributed by atoms with Gasteiger partial charge in [-0.05, 0) is 39.7 Å². The summed E-state index contributed by atoms with van der Waals surface area (Å²) in [5.74, 6) is 0.794. The second-order valence-corrected chi connectivity index (χ2v) is 6.40. The van der Waals surface area contributed by atoms with E-state index >= 15 is 0 Å². The molecule has 0 unspecified atom stereocenters. The van der Waals surface area contributed by atoms with Crippen LogP contribution in [0.5, 0.6) is 0 Å². The fraction of sp³-hybridized carbons (Fsp3) is 0.167. The highest BCUT2D eigenvalue weighted by Gasteiger charge is 2.08. The number of halogens is 1. The molecular weight excluding hydrogens is 332 g/mol. The van der Waals surface area contributed by atoms with Gasteiger partial charge in [-0.1, -0.05) is 12.1 Å². The summed E-state index contributed by atoms with van der Waals surface area (Å²) < 4.78 is 28.6. The van der Waals surface area contributed by atoms with Gasteiger partial charge >= 0.3 is 0 Å². The first-order valence-electron chi connectivity index (χ1n) is 5.51. The molecule has 2 aromatic rings. The Morgan fingerprint density at radius 2 is 2.05 bits per heavy atom. The van der Waals surface area contributed by atoms with E-state index in [1.165, 1.54) is 6.07 Å². The fourth-order valence-corrected chi connectivity index (χ4v) is 2.53. The van der Waals surface area contributed by atoms with Crippen LogP contribution < -0.4 is 10.5 Å². The van der Waals surface area contributed by atoms with Crippen LogP contribution in [-0.4, -0.2) is 8.42 Å². The minimum atomic E-state index is -3.65. The predicted octanol–water partition coefficient (Wildman–Crippen LogP) is 1.98. The van der Waals surface area contributed by atoms with Crippen molar-refractivity contribution in [2.75, 3.05) is 0 Å². The van der Waals surface area contributed by atoms with Gasteiger partial charge in [0.05, 0.1) is 22.2 Å². The number of hydrogen-bond acceptors (Lipinski definition) is 4. The molecule has 0 spiro atoms. The van der Waals surface area contributed by atoms with Crippen LogP contribution in [0.2, 0.25) is 0 Å². The second-order valence-electron chi connectivity index (χ2n) is 3.99. The molecule has 0 saturated heterocycles. The molecular formula is C12H13BrN2O3S. The Kier molecular flexibility index (Phi) is 4.41. The van der Waals surface area contributed by atoms with E-state index in [2.05, 4.69) is 21.2 Å². The molecule has 0 radical (unpaired) electrons. The van der Waals surface area contributed by atoms with Gasteiger partial charge in [0.25, 0.3) is 0 Å². The zero-order valence-electron chi connectivity index (χ0n) is 9.97. The van der Waals surface area contributed by atoms with Crippen LogP contribution in [0.1, 0.15) is 11.3 Å². The summed E-state index contributed by atoms with van der Waals surface area (Å²) in [6, 6.07) is 8.35. The lowest BCUT2D eigenvalue weighted by atomic mass is 10.2. The van der Waals surface area contributed by atoms with Crippen molar-refractivity contribution in [1.82, 2.24) is 5.32 Å². The number of rotatable bonds is 5. The van der Waals surface area contributed by atoms with E-state index in [4.69, 9.17) is 9.56 Å². The van der Waals surface area contributed by atoms with Gasteiger partial charge in [0.2, 0.25) is 10.0 Å². The van der Waals surface area contributed by atoms with Gasteiger partial charge in [-0.3, -0.25) is 0 Å². The number of benzene rings is 1. The number of hydrogen-bond donors (Lipinski definition) is 2. The van der Waals surface area contributed by atoms with Gasteiger partial charge in [-0.25, -0.2) is 13.6 Å². The van der Waals surface area contributed by atoms with Crippen molar-refractivity contribution in [3.8, 4) is 0 Å². The molecule has 1 aromatic carbocycles. The lowest BCUT2D eigenvalue weighted by molar-refractivity contribution is 0.480. The van der Waals surface area contributed by atoms with Crippen LogP contribution in [0.25, 0.3) is 0 Å². The Bertz CT molecular complexity index is 667. The minimum absolute atomic E-state index is 0.117. The second kappa shape index (κ2) is 5.87. The Balaban J connectivity index is 1.99. The first kappa shape index (κ1) is 14.3. The third-order valence-corrected chi connectivity index (χ3v) is 4.15. The first-order valence-corrected chi connectivity index (χ1v) is 7.85. The minimum Gasteiger partial charge on any atom is -0.467 e. The standard InChI is InChI=1S/C12H13BrN2O3S/c13-11-4-5-18-12(11)8-15-7-9-2-1-3-10(6-9)19(14,16)17/h1-6,15H,7-8H2,(H2,14,16,17). The maximum absolute atomic E-state index is 11.2. The SMILES string of the molecule is NS(=O)(=O)c1cccc(CNCc2occc2Br)c1. The molecule has 0 fully saturated rings. The zero-order valence-corrected chi connectivity index (χ0v) is 12.4. The number of primary sulfonamides is 1. The smallest absolute Gasteiger partial charge is 0.238 e. The largest absolute Gasteiger partial charge is 0.467 e. The molecule has 3 N–H and O–H groups in total. The predicted molar refractivity (Wildman–Crippen MR) is 74.8 cm³/mol. The topological polar surface area (TPSA) is 85.3 Å².